The number of hydrogen-bond acceptors (Lipinski definition) is 4. The van der Waals surface area contributed by atoms with Crippen molar-refractivity contribution in [1.82, 2.24) is 15.5 Å². The van der Waals surface area contributed by atoms with Crippen molar-refractivity contribution < 1.29 is 8.42 Å². The van der Waals surface area contributed by atoms with Crippen molar-refractivity contribution >= 4 is 39.8 Å². The number of likely N-dealkylation sites (N-methyl/N-ethyl adjacent to an activating group) is 1. The average Bonchev–Trinajstić information content (AvgIpc) is 2.69. The van der Waals surface area contributed by atoms with Gasteiger partial charge in [-0.1, -0.05) is 42.5 Å². The molecule has 2 aromatic rings. The molecule has 0 radical (unpaired) electrons. The molecule has 2 N–H and O–H groups in total. The van der Waals surface area contributed by atoms with Crippen molar-refractivity contribution in [3.63, 3.8) is 0 Å². The van der Waals surface area contributed by atoms with E-state index in [-0.39, 0.29) is 24.0 Å². The van der Waals surface area contributed by atoms with E-state index in [0.717, 1.165) is 30.9 Å². The molecule has 0 saturated carbocycles. The standard InChI is InChI=1S/C22H32N4O2S.HI/c1-23-22(24-15-14-18-10-12-21(13-11-18)29(4,27)28)25-17-20(26(2)3)16-19-8-6-5-7-9-19;/h5-13,20H,14-17H2,1-4H3,(H2,23,24,25);1H. The average molecular weight is 545 g/mol. The predicted molar refractivity (Wildman–Crippen MR) is 136 cm³/mol. The lowest BCUT2D eigenvalue weighted by Gasteiger charge is -2.25. The first-order valence-corrected chi connectivity index (χ1v) is 11.6. The van der Waals surface area contributed by atoms with E-state index in [4.69, 9.17) is 0 Å². The summed E-state index contributed by atoms with van der Waals surface area (Å²) in [6.45, 7) is 1.49. The zero-order valence-corrected chi connectivity index (χ0v) is 21.3. The maximum absolute atomic E-state index is 11.5. The van der Waals surface area contributed by atoms with Crippen LogP contribution in [0.25, 0.3) is 0 Å². The van der Waals surface area contributed by atoms with E-state index in [1.165, 1.54) is 11.8 Å². The van der Waals surface area contributed by atoms with Crippen molar-refractivity contribution in [2.24, 2.45) is 4.99 Å². The molecule has 166 valence electrons. The molecule has 0 aliphatic rings. The van der Waals surface area contributed by atoms with Gasteiger partial charge in [-0.3, -0.25) is 4.99 Å². The third-order valence-corrected chi connectivity index (χ3v) is 5.96. The Hall–Kier alpha value is -1.65. The van der Waals surface area contributed by atoms with Gasteiger partial charge < -0.3 is 15.5 Å². The monoisotopic (exact) mass is 544 g/mol. The first kappa shape index (κ1) is 26.4. The van der Waals surface area contributed by atoms with Crippen LogP contribution in [0.1, 0.15) is 11.1 Å². The molecule has 0 aromatic heterocycles. The molecule has 1 atom stereocenters. The summed E-state index contributed by atoms with van der Waals surface area (Å²) in [5, 5.41) is 6.73. The summed E-state index contributed by atoms with van der Waals surface area (Å²) >= 11 is 0. The molecule has 0 amide bonds. The summed E-state index contributed by atoms with van der Waals surface area (Å²) in [6, 6.07) is 17.8. The Morgan fingerprint density at radius 3 is 2.17 bits per heavy atom. The SMILES string of the molecule is CN=C(NCCc1ccc(S(C)(=O)=O)cc1)NCC(Cc1ccccc1)N(C)C.I. The first-order chi connectivity index (χ1) is 13.8. The number of nitrogens with zero attached hydrogens (tertiary/aromatic N) is 2. The highest BCUT2D eigenvalue weighted by molar-refractivity contribution is 14.0. The van der Waals surface area contributed by atoms with Crippen LogP contribution in [0.2, 0.25) is 0 Å². The minimum absolute atomic E-state index is 0. The van der Waals surface area contributed by atoms with Crippen LogP contribution in [0.5, 0.6) is 0 Å². The lowest BCUT2D eigenvalue weighted by molar-refractivity contribution is 0.290. The molecule has 8 heteroatoms. The van der Waals surface area contributed by atoms with E-state index in [2.05, 4.69) is 58.9 Å². The highest BCUT2D eigenvalue weighted by Gasteiger charge is 2.13. The van der Waals surface area contributed by atoms with Crippen molar-refractivity contribution in [2.75, 3.05) is 40.5 Å². The third kappa shape index (κ3) is 9.01. The van der Waals surface area contributed by atoms with Crippen LogP contribution in [0, 0.1) is 0 Å². The Morgan fingerprint density at radius 2 is 1.63 bits per heavy atom. The van der Waals surface area contributed by atoms with Gasteiger partial charge in [-0.2, -0.15) is 0 Å². The van der Waals surface area contributed by atoms with Crippen LogP contribution in [0.4, 0.5) is 0 Å². The largest absolute Gasteiger partial charge is 0.356 e. The lowest BCUT2D eigenvalue weighted by Crippen LogP contribution is -2.46. The fraction of sp³-hybridized carbons (Fsp3) is 0.409. The Bertz CT molecular complexity index is 885. The topological polar surface area (TPSA) is 73.8 Å². The van der Waals surface area contributed by atoms with Gasteiger partial charge in [-0.15, -0.1) is 24.0 Å². The van der Waals surface area contributed by atoms with Crippen LogP contribution in [0.3, 0.4) is 0 Å². The van der Waals surface area contributed by atoms with E-state index in [9.17, 15) is 8.42 Å². The molecule has 0 aliphatic carbocycles. The van der Waals surface area contributed by atoms with Crippen LogP contribution in [0.15, 0.2) is 64.5 Å². The molecule has 30 heavy (non-hydrogen) atoms. The summed E-state index contributed by atoms with van der Waals surface area (Å²) in [5.74, 6) is 0.762. The number of sulfone groups is 1. The Morgan fingerprint density at radius 1 is 1.00 bits per heavy atom. The molecule has 1 unspecified atom stereocenters. The summed E-state index contributed by atoms with van der Waals surface area (Å²) in [5.41, 5.74) is 2.39. The molecule has 0 fully saturated rings. The molecule has 6 nitrogen and oxygen atoms in total. The smallest absolute Gasteiger partial charge is 0.191 e. The first-order valence-electron chi connectivity index (χ1n) is 9.73. The van der Waals surface area contributed by atoms with Gasteiger partial charge in [-0.25, -0.2) is 8.42 Å². The molecular weight excluding hydrogens is 511 g/mol. The van der Waals surface area contributed by atoms with Gasteiger partial charge in [0.25, 0.3) is 0 Å². The van der Waals surface area contributed by atoms with Crippen molar-refractivity contribution in [3.05, 3.63) is 65.7 Å². The van der Waals surface area contributed by atoms with Crippen LogP contribution in [-0.4, -0.2) is 65.8 Å². The van der Waals surface area contributed by atoms with Gasteiger partial charge in [0.15, 0.2) is 15.8 Å². The van der Waals surface area contributed by atoms with E-state index in [1.807, 2.05) is 18.2 Å². The van der Waals surface area contributed by atoms with Crippen LogP contribution < -0.4 is 10.6 Å². The number of nitrogens with one attached hydrogen (secondary N) is 2. The maximum Gasteiger partial charge on any atom is 0.191 e. The lowest BCUT2D eigenvalue weighted by atomic mass is 10.1. The van der Waals surface area contributed by atoms with E-state index < -0.39 is 9.84 Å². The van der Waals surface area contributed by atoms with Crippen molar-refractivity contribution in [2.45, 2.75) is 23.8 Å². The van der Waals surface area contributed by atoms with Gasteiger partial charge in [0.2, 0.25) is 0 Å². The summed E-state index contributed by atoms with van der Waals surface area (Å²) in [6.07, 6.45) is 2.97. The van der Waals surface area contributed by atoms with Gasteiger partial charge in [-0.05, 0) is 50.2 Å². The minimum Gasteiger partial charge on any atom is -0.356 e. The van der Waals surface area contributed by atoms with Crippen LogP contribution in [-0.2, 0) is 22.7 Å². The molecule has 2 aromatic carbocycles. The number of guanidine groups is 1. The fourth-order valence-electron chi connectivity index (χ4n) is 2.99. The second kappa shape index (κ2) is 12.9. The highest BCUT2D eigenvalue weighted by atomic mass is 127. The zero-order chi connectivity index (χ0) is 21.3. The number of halogens is 1. The van der Waals surface area contributed by atoms with E-state index >= 15 is 0 Å². The molecule has 0 spiro atoms. The summed E-state index contributed by atoms with van der Waals surface area (Å²) in [4.78, 5) is 6.87. The minimum atomic E-state index is -3.15. The molecule has 0 bridgehead atoms. The molecule has 0 saturated heterocycles. The van der Waals surface area contributed by atoms with Crippen LogP contribution >= 0.6 is 24.0 Å². The Labute approximate surface area is 198 Å². The molecule has 0 aliphatic heterocycles. The normalized spacial score (nSPS) is 12.9. The molecular formula is C22H33IN4O2S. The number of benzene rings is 2. The second-order valence-electron chi connectivity index (χ2n) is 7.35. The summed E-state index contributed by atoms with van der Waals surface area (Å²) in [7, 11) is 2.79. The van der Waals surface area contributed by atoms with Crippen molar-refractivity contribution in [1.29, 1.82) is 0 Å². The highest BCUT2D eigenvalue weighted by Crippen LogP contribution is 2.10. The van der Waals surface area contributed by atoms with Gasteiger partial charge >= 0.3 is 0 Å². The second-order valence-corrected chi connectivity index (χ2v) is 9.37. The molecule has 2 rings (SSSR count). The third-order valence-electron chi connectivity index (χ3n) is 4.83. The van der Waals surface area contributed by atoms with Gasteiger partial charge in [0.05, 0.1) is 4.90 Å². The van der Waals surface area contributed by atoms with Gasteiger partial charge in [0, 0.05) is 32.4 Å². The fourth-order valence-corrected chi connectivity index (χ4v) is 3.62. The summed E-state index contributed by atoms with van der Waals surface area (Å²) < 4.78 is 23.1. The Balaban J connectivity index is 0.00000450. The number of hydrogen-bond donors (Lipinski definition) is 2. The van der Waals surface area contributed by atoms with E-state index in [1.54, 1.807) is 19.2 Å². The number of aliphatic imine (C=N–C) groups is 1. The predicted octanol–water partition coefficient (Wildman–Crippen LogP) is 2.59. The Kier molecular flexibility index (Phi) is 11.4. The maximum atomic E-state index is 11.5. The van der Waals surface area contributed by atoms with E-state index in [0.29, 0.717) is 17.5 Å². The molecule has 0 heterocycles. The van der Waals surface area contributed by atoms with Gasteiger partial charge in [0.1, 0.15) is 0 Å². The quantitative estimate of drug-likeness (QED) is 0.289. The number of rotatable bonds is 9. The van der Waals surface area contributed by atoms with Crippen molar-refractivity contribution in [3.8, 4) is 0 Å². The zero-order valence-electron chi connectivity index (χ0n) is 18.1.